The molecule has 0 aliphatic heterocycles. The number of carbonyl (C=O) groups excluding carboxylic acids is 1. The second-order valence-electron chi connectivity index (χ2n) is 4.52. The van der Waals surface area contributed by atoms with E-state index in [1.54, 1.807) is 0 Å². The van der Waals surface area contributed by atoms with E-state index in [2.05, 4.69) is 13.8 Å². The molecule has 2 heteroatoms. The van der Waals surface area contributed by atoms with Crippen LogP contribution in [0.25, 0.3) is 0 Å². The second-order valence-corrected chi connectivity index (χ2v) is 4.52. The SMILES string of the molecule is CC(C)CCCC(=O)C(N)C(C)C. The summed E-state index contributed by atoms with van der Waals surface area (Å²) in [6.45, 7) is 8.33. The van der Waals surface area contributed by atoms with Gasteiger partial charge >= 0.3 is 0 Å². The molecule has 2 nitrogen and oxygen atoms in total. The molecule has 0 heterocycles. The molecule has 0 spiro atoms. The molecule has 0 saturated heterocycles. The molecular weight excluding hydrogens is 162 g/mol. The molecule has 2 N–H and O–H groups in total. The third kappa shape index (κ3) is 5.81. The van der Waals surface area contributed by atoms with Crippen molar-refractivity contribution in [3.05, 3.63) is 0 Å². The first-order chi connectivity index (χ1) is 5.95. The zero-order chi connectivity index (χ0) is 10.4. The van der Waals surface area contributed by atoms with E-state index in [-0.39, 0.29) is 17.7 Å². The van der Waals surface area contributed by atoms with Crippen molar-refractivity contribution in [2.75, 3.05) is 0 Å². The van der Waals surface area contributed by atoms with Gasteiger partial charge in [0.2, 0.25) is 0 Å². The Balaban J connectivity index is 3.62. The van der Waals surface area contributed by atoms with Gasteiger partial charge in [0.1, 0.15) is 5.78 Å². The lowest BCUT2D eigenvalue weighted by atomic mass is 9.96. The van der Waals surface area contributed by atoms with Gasteiger partial charge in [-0.2, -0.15) is 0 Å². The molecule has 13 heavy (non-hydrogen) atoms. The maximum absolute atomic E-state index is 11.4. The number of carbonyl (C=O) groups is 1. The smallest absolute Gasteiger partial charge is 0.149 e. The molecule has 0 radical (unpaired) electrons. The van der Waals surface area contributed by atoms with E-state index in [9.17, 15) is 4.79 Å². The first-order valence-corrected chi connectivity index (χ1v) is 5.23. The Morgan fingerprint density at radius 3 is 2.15 bits per heavy atom. The van der Waals surface area contributed by atoms with Gasteiger partial charge in [0, 0.05) is 6.42 Å². The molecule has 1 atom stereocenters. The predicted octanol–water partition coefficient (Wildman–Crippen LogP) is 2.37. The maximum atomic E-state index is 11.4. The zero-order valence-corrected chi connectivity index (χ0v) is 9.34. The van der Waals surface area contributed by atoms with Crippen LogP contribution in [-0.2, 0) is 4.79 Å². The highest BCUT2D eigenvalue weighted by Gasteiger charge is 2.16. The van der Waals surface area contributed by atoms with Crippen LogP contribution in [0.4, 0.5) is 0 Å². The van der Waals surface area contributed by atoms with E-state index in [0.29, 0.717) is 12.3 Å². The van der Waals surface area contributed by atoms with E-state index in [1.165, 1.54) is 0 Å². The Labute approximate surface area is 81.9 Å². The average Bonchev–Trinajstić information content (AvgIpc) is 2.02. The Kier molecular flexibility index (Phi) is 5.97. The van der Waals surface area contributed by atoms with E-state index in [1.807, 2.05) is 13.8 Å². The lowest BCUT2D eigenvalue weighted by Gasteiger charge is -2.14. The Bertz CT molecular complexity index is 152. The Morgan fingerprint density at radius 1 is 1.23 bits per heavy atom. The molecule has 1 unspecified atom stereocenters. The highest BCUT2D eigenvalue weighted by Crippen LogP contribution is 2.09. The zero-order valence-electron chi connectivity index (χ0n) is 9.34. The Morgan fingerprint density at radius 2 is 1.77 bits per heavy atom. The van der Waals surface area contributed by atoms with Crippen molar-refractivity contribution in [1.82, 2.24) is 0 Å². The maximum Gasteiger partial charge on any atom is 0.149 e. The summed E-state index contributed by atoms with van der Waals surface area (Å²) in [6, 6.07) is -0.257. The summed E-state index contributed by atoms with van der Waals surface area (Å²) in [5, 5.41) is 0. The molecule has 0 bridgehead atoms. The summed E-state index contributed by atoms with van der Waals surface area (Å²) >= 11 is 0. The third-order valence-corrected chi connectivity index (χ3v) is 2.29. The Hall–Kier alpha value is -0.370. The van der Waals surface area contributed by atoms with Crippen molar-refractivity contribution < 1.29 is 4.79 Å². The predicted molar refractivity (Wildman–Crippen MR) is 56.5 cm³/mol. The van der Waals surface area contributed by atoms with Gasteiger partial charge in [0.05, 0.1) is 6.04 Å². The fourth-order valence-electron chi connectivity index (χ4n) is 1.22. The number of hydrogen-bond donors (Lipinski definition) is 1. The van der Waals surface area contributed by atoms with E-state index >= 15 is 0 Å². The van der Waals surface area contributed by atoms with Gasteiger partial charge < -0.3 is 5.73 Å². The van der Waals surface area contributed by atoms with Crippen LogP contribution in [0.15, 0.2) is 0 Å². The molecule has 0 aromatic heterocycles. The summed E-state index contributed by atoms with van der Waals surface area (Å²) in [5.41, 5.74) is 5.73. The summed E-state index contributed by atoms with van der Waals surface area (Å²) in [6.07, 6.45) is 2.75. The number of Topliss-reactive ketones (excluding diaryl/α,β-unsaturated/α-hetero) is 1. The summed E-state index contributed by atoms with van der Waals surface area (Å²) in [4.78, 5) is 11.4. The molecular formula is C11H23NO. The van der Waals surface area contributed by atoms with Crippen molar-refractivity contribution in [2.24, 2.45) is 17.6 Å². The third-order valence-electron chi connectivity index (χ3n) is 2.29. The number of ketones is 1. The van der Waals surface area contributed by atoms with Gasteiger partial charge in [-0.25, -0.2) is 0 Å². The van der Waals surface area contributed by atoms with Gasteiger partial charge in [-0.3, -0.25) is 4.79 Å². The number of rotatable bonds is 6. The normalized spacial score (nSPS) is 13.8. The van der Waals surface area contributed by atoms with Crippen LogP contribution in [0.5, 0.6) is 0 Å². The minimum Gasteiger partial charge on any atom is -0.321 e. The molecule has 78 valence electrons. The van der Waals surface area contributed by atoms with Crippen LogP contribution in [0.3, 0.4) is 0 Å². The average molecular weight is 185 g/mol. The lowest BCUT2D eigenvalue weighted by molar-refractivity contribution is -0.121. The molecule has 0 amide bonds. The van der Waals surface area contributed by atoms with Gasteiger partial charge in [0.15, 0.2) is 0 Å². The van der Waals surface area contributed by atoms with Crippen molar-refractivity contribution in [1.29, 1.82) is 0 Å². The number of nitrogens with two attached hydrogens (primary N) is 1. The van der Waals surface area contributed by atoms with Crippen molar-refractivity contribution >= 4 is 5.78 Å². The van der Waals surface area contributed by atoms with Crippen molar-refractivity contribution in [3.8, 4) is 0 Å². The fraction of sp³-hybridized carbons (Fsp3) is 0.909. The molecule has 0 aliphatic rings. The van der Waals surface area contributed by atoms with E-state index < -0.39 is 0 Å². The highest BCUT2D eigenvalue weighted by atomic mass is 16.1. The minimum atomic E-state index is -0.257. The summed E-state index contributed by atoms with van der Waals surface area (Å²) in [5.74, 6) is 1.17. The number of hydrogen-bond acceptors (Lipinski definition) is 2. The van der Waals surface area contributed by atoms with Crippen LogP contribution in [0.1, 0.15) is 47.0 Å². The van der Waals surface area contributed by atoms with Crippen LogP contribution >= 0.6 is 0 Å². The van der Waals surface area contributed by atoms with Crippen LogP contribution < -0.4 is 5.73 Å². The quantitative estimate of drug-likeness (QED) is 0.690. The largest absolute Gasteiger partial charge is 0.321 e. The van der Waals surface area contributed by atoms with Gasteiger partial charge in [-0.05, 0) is 18.3 Å². The topological polar surface area (TPSA) is 43.1 Å². The van der Waals surface area contributed by atoms with E-state index in [4.69, 9.17) is 5.73 Å². The molecule has 0 saturated carbocycles. The molecule has 0 aromatic carbocycles. The molecule has 0 rings (SSSR count). The lowest BCUT2D eigenvalue weighted by Crippen LogP contribution is -2.35. The van der Waals surface area contributed by atoms with Crippen molar-refractivity contribution in [3.63, 3.8) is 0 Å². The highest BCUT2D eigenvalue weighted by molar-refractivity contribution is 5.83. The molecule has 0 fully saturated rings. The monoisotopic (exact) mass is 185 g/mol. The van der Waals surface area contributed by atoms with Crippen LogP contribution in [-0.4, -0.2) is 11.8 Å². The van der Waals surface area contributed by atoms with Gasteiger partial charge in [0.25, 0.3) is 0 Å². The summed E-state index contributed by atoms with van der Waals surface area (Å²) < 4.78 is 0. The molecule has 0 aromatic rings. The second kappa shape index (κ2) is 6.14. The standard InChI is InChI=1S/C11H23NO/c1-8(2)6-5-7-10(13)11(12)9(3)4/h8-9,11H,5-7,12H2,1-4H3. The van der Waals surface area contributed by atoms with Crippen LogP contribution in [0.2, 0.25) is 0 Å². The first-order valence-electron chi connectivity index (χ1n) is 5.23. The minimum absolute atomic E-state index is 0.218. The fourth-order valence-corrected chi connectivity index (χ4v) is 1.22. The summed E-state index contributed by atoms with van der Waals surface area (Å²) in [7, 11) is 0. The van der Waals surface area contributed by atoms with Gasteiger partial charge in [-0.1, -0.05) is 34.1 Å². The van der Waals surface area contributed by atoms with Crippen molar-refractivity contribution in [2.45, 2.75) is 53.0 Å². The van der Waals surface area contributed by atoms with Gasteiger partial charge in [-0.15, -0.1) is 0 Å². The molecule has 0 aliphatic carbocycles. The van der Waals surface area contributed by atoms with E-state index in [0.717, 1.165) is 12.8 Å². The first kappa shape index (κ1) is 12.6. The van der Waals surface area contributed by atoms with Crippen LogP contribution in [0, 0.1) is 11.8 Å².